The van der Waals surface area contributed by atoms with E-state index in [1.165, 1.54) is 0 Å². The second kappa shape index (κ2) is 7.04. The molecule has 2 heterocycles. The lowest BCUT2D eigenvalue weighted by molar-refractivity contribution is 0.122. The second-order valence-corrected chi connectivity index (χ2v) is 5.75. The van der Waals surface area contributed by atoms with Crippen LogP contribution in [0.2, 0.25) is 5.28 Å². The number of nitrogens with zero attached hydrogens (tertiary/aromatic N) is 5. The van der Waals surface area contributed by atoms with Crippen molar-refractivity contribution < 1.29 is 4.74 Å². The molecule has 1 aromatic heterocycles. The quantitative estimate of drug-likeness (QED) is 0.827. The minimum absolute atomic E-state index is 0.243. The average molecular weight is 300 g/mol. The summed E-state index contributed by atoms with van der Waals surface area (Å²) >= 11 is 6.03. The van der Waals surface area contributed by atoms with Gasteiger partial charge in [0.05, 0.1) is 13.2 Å². The number of aromatic nitrogens is 3. The second-order valence-electron chi connectivity index (χ2n) is 5.41. The molecule has 7 heteroatoms. The van der Waals surface area contributed by atoms with Crippen LogP contribution < -0.4 is 9.80 Å². The van der Waals surface area contributed by atoms with Gasteiger partial charge in [0, 0.05) is 26.7 Å². The lowest BCUT2D eigenvalue weighted by atomic mass is 10.1. The third-order valence-electron chi connectivity index (χ3n) is 3.26. The van der Waals surface area contributed by atoms with Crippen molar-refractivity contribution >= 4 is 23.5 Å². The Morgan fingerprint density at radius 3 is 2.60 bits per heavy atom. The molecule has 0 aliphatic carbocycles. The first kappa shape index (κ1) is 15.3. The van der Waals surface area contributed by atoms with Crippen LogP contribution >= 0.6 is 11.6 Å². The highest BCUT2D eigenvalue weighted by Gasteiger charge is 2.17. The highest BCUT2D eigenvalue weighted by molar-refractivity contribution is 6.28. The average Bonchev–Trinajstić information content (AvgIpc) is 2.45. The Balaban J connectivity index is 2.10. The zero-order valence-corrected chi connectivity index (χ0v) is 13.1. The van der Waals surface area contributed by atoms with Crippen molar-refractivity contribution in [2.45, 2.75) is 20.3 Å². The largest absolute Gasteiger partial charge is 0.378 e. The molecule has 1 saturated heterocycles. The number of rotatable bonds is 5. The van der Waals surface area contributed by atoms with Gasteiger partial charge in [-0.15, -0.1) is 0 Å². The van der Waals surface area contributed by atoms with Gasteiger partial charge in [-0.2, -0.15) is 15.0 Å². The number of hydrogen-bond acceptors (Lipinski definition) is 6. The highest BCUT2D eigenvalue weighted by Crippen LogP contribution is 2.17. The molecule has 0 bridgehead atoms. The first-order valence-electron chi connectivity index (χ1n) is 7.01. The van der Waals surface area contributed by atoms with Crippen molar-refractivity contribution in [1.82, 2.24) is 15.0 Å². The van der Waals surface area contributed by atoms with Gasteiger partial charge >= 0.3 is 0 Å². The molecule has 0 amide bonds. The van der Waals surface area contributed by atoms with Gasteiger partial charge in [-0.05, 0) is 23.9 Å². The topological polar surface area (TPSA) is 54.4 Å². The van der Waals surface area contributed by atoms with Gasteiger partial charge in [0.2, 0.25) is 17.2 Å². The molecule has 0 unspecified atom stereocenters. The van der Waals surface area contributed by atoms with E-state index in [2.05, 4.69) is 33.7 Å². The Bertz CT molecular complexity index is 437. The molecule has 0 radical (unpaired) electrons. The summed E-state index contributed by atoms with van der Waals surface area (Å²) in [4.78, 5) is 17.1. The molecular formula is C13H22ClN5O. The summed E-state index contributed by atoms with van der Waals surface area (Å²) in [5, 5.41) is 0.243. The zero-order chi connectivity index (χ0) is 14.5. The Kier molecular flexibility index (Phi) is 5.37. The molecule has 0 spiro atoms. The van der Waals surface area contributed by atoms with Crippen molar-refractivity contribution in [3.05, 3.63) is 5.28 Å². The van der Waals surface area contributed by atoms with Crippen LogP contribution in [0.5, 0.6) is 0 Å². The Hall–Kier alpha value is -1.14. The summed E-state index contributed by atoms with van der Waals surface area (Å²) in [6.45, 7) is 8.27. The Morgan fingerprint density at radius 2 is 1.95 bits per heavy atom. The number of hydrogen-bond donors (Lipinski definition) is 0. The van der Waals surface area contributed by atoms with Crippen LogP contribution in [0.25, 0.3) is 0 Å². The van der Waals surface area contributed by atoms with Gasteiger partial charge in [0.1, 0.15) is 0 Å². The fourth-order valence-electron chi connectivity index (χ4n) is 1.96. The third-order valence-corrected chi connectivity index (χ3v) is 3.43. The van der Waals surface area contributed by atoms with Crippen molar-refractivity contribution in [2.75, 3.05) is 49.7 Å². The molecule has 0 N–H and O–H groups in total. The predicted octanol–water partition coefficient (Wildman–Crippen LogP) is 1.84. The monoisotopic (exact) mass is 299 g/mol. The number of anilines is 2. The van der Waals surface area contributed by atoms with Crippen molar-refractivity contribution in [1.29, 1.82) is 0 Å². The van der Waals surface area contributed by atoms with Crippen LogP contribution in [0, 0.1) is 5.92 Å². The first-order valence-corrected chi connectivity index (χ1v) is 7.39. The summed E-state index contributed by atoms with van der Waals surface area (Å²) in [5.41, 5.74) is 0. The normalized spacial score (nSPS) is 15.8. The van der Waals surface area contributed by atoms with Gasteiger partial charge < -0.3 is 14.5 Å². The van der Waals surface area contributed by atoms with Crippen molar-refractivity contribution in [3.8, 4) is 0 Å². The minimum Gasteiger partial charge on any atom is -0.378 e. The van der Waals surface area contributed by atoms with E-state index in [1.807, 2.05) is 11.9 Å². The Morgan fingerprint density at radius 1 is 1.25 bits per heavy atom. The first-order chi connectivity index (χ1) is 9.56. The SMILES string of the molecule is CC(C)CCN(C)c1nc(Cl)nc(N2CCOCC2)n1. The van der Waals surface area contributed by atoms with Gasteiger partial charge in [-0.3, -0.25) is 0 Å². The molecule has 0 saturated carbocycles. The molecule has 2 rings (SSSR count). The van der Waals surface area contributed by atoms with Gasteiger partial charge in [-0.1, -0.05) is 13.8 Å². The van der Waals surface area contributed by atoms with Gasteiger partial charge in [0.25, 0.3) is 0 Å². The van der Waals surface area contributed by atoms with E-state index >= 15 is 0 Å². The molecule has 1 aliphatic rings. The van der Waals surface area contributed by atoms with Crippen molar-refractivity contribution in [3.63, 3.8) is 0 Å². The lowest BCUT2D eigenvalue weighted by Gasteiger charge is -2.27. The van der Waals surface area contributed by atoms with Crippen LogP contribution in [0.4, 0.5) is 11.9 Å². The number of morpholine rings is 1. The Labute approximate surface area is 125 Å². The molecule has 0 aromatic carbocycles. The fourth-order valence-corrected chi connectivity index (χ4v) is 2.11. The third kappa shape index (κ3) is 4.18. The maximum atomic E-state index is 6.03. The van der Waals surface area contributed by atoms with E-state index in [4.69, 9.17) is 16.3 Å². The number of ether oxygens (including phenoxy) is 1. The maximum Gasteiger partial charge on any atom is 0.231 e. The van der Waals surface area contributed by atoms with Crippen molar-refractivity contribution in [2.24, 2.45) is 5.92 Å². The molecular weight excluding hydrogens is 278 g/mol. The molecule has 1 aromatic rings. The van der Waals surface area contributed by atoms with E-state index in [1.54, 1.807) is 0 Å². The van der Waals surface area contributed by atoms with E-state index in [9.17, 15) is 0 Å². The van der Waals surface area contributed by atoms with Crippen LogP contribution in [0.15, 0.2) is 0 Å². The van der Waals surface area contributed by atoms with E-state index < -0.39 is 0 Å². The molecule has 112 valence electrons. The van der Waals surface area contributed by atoms with E-state index in [0.717, 1.165) is 26.1 Å². The standard InChI is InChI=1S/C13H22ClN5O/c1-10(2)4-5-18(3)12-15-11(14)16-13(17-12)19-6-8-20-9-7-19/h10H,4-9H2,1-3H3. The summed E-state index contributed by atoms with van der Waals surface area (Å²) in [7, 11) is 1.98. The van der Waals surface area contributed by atoms with Crippen LogP contribution in [-0.2, 0) is 4.74 Å². The van der Waals surface area contributed by atoms with Crippen LogP contribution in [-0.4, -0.2) is 54.8 Å². The summed E-state index contributed by atoms with van der Waals surface area (Å²) in [5.74, 6) is 1.92. The fraction of sp³-hybridized carbons (Fsp3) is 0.769. The van der Waals surface area contributed by atoms with E-state index in [-0.39, 0.29) is 5.28 Å². The van der Waals surface area contributed by atoms with Crippen LogP contribution in [0.3, 0.4) is 0 Å². The van der Waals surface area contributed by atoms with Gasteiger partial charge in [0.15, 0.2) is 0 Å². The highest BCUT2D eigenvalue weighted by atomic mass is 35.5. The lowest BCUT2D eigenvalue weighted by Crippen LogP contribution is -2.37. The smallest absolute Gasteiger partial charge is 0.231 e. The molecule has 20 heavy (non-hydrogen) atoms. The van der Waals surface area contributed by atoms with E-state index in [0.29, 0.717) is 31.0 Å². The minimum atomic E-state index is 0.243. The molecule has 0 atom stereocenters. The van der Waals surface area contributed by atoms with Crippen LogP contribution in [0.1, 0.15) is 20.3 Å². The van der Waals surface area contributed by atoms with Gasteiger partial charge in [-0.25, -0.2) is 0 Å². The number of halogens is 1. The summed E-state index contributed by atoms with van der Waals surface area (Å²) in [6.07, 6.45) is 1.09. The molecule has 1 fully saturated rings. The maximum absolute atomic E-state index is 6.03. The molecule has 1 aliphatic heterocycles. The predicted molar refractivity (Wildman–Crippen MR) is 80.6 cm³/mol. The summed E-state index contributed by atoms with van der Waals surface area (Å²) < 4.78 is 5.34. The zero-order valence-electron chi connectivity index (χ0n) is 12.3. The molecule has 6 nitrogen and oxygen atoms in total. The summed E-state index contributed by atoms with van der Waals surface area (Å²) in [6, 6.07) is 0.